The van der Waals surface area contributed by atoms with Crippen LogP contribution in [0.4, 0.5) is 4.79 Å². The van der Waals surface area contributed by atoms with Gasteiger partial charge < -0.3 is 4.90 Å². The van der Waals surface area contributed by atoms with E-state index in [2.05, 4.69) is 31.2 Å². The number of urea groups is 1. The van der Waals surface area contributed by atoms with Gasteiger partial charge >= 0.3 is 6.03 Å². The number of benzene rings is 1. The van der Waals surface area contributed by atoms with Gasteiger partial charge in [0.1, 0.15) is 0 Å². The fourth-order valence-corrected chi connectivity index (χ4v) is 3.85. The summed E-state index contributed by atoms with van der Waals surface area (Å²) in [5, 5.41) is 6.52. The Bertz CT molecular complexity index is 576. The molecule has 4 heteroatoms. The predicted octanol–water partition coefficient (Wildman–Crippen LogP) is 5.02. The van der Waals surface area contributed by atoms with Crippen LogP contribution in [0.15, 0.2) is 35.4 Å². The molecule has 25 heavy (non-hydrogen) atoms. The van der Waals surface area contributed by atoms with E-state index in [9.17, 15) is 4.79 Å². The second-order valence-corrected chi connectivity index (χ2v) is 7.28. The molecule has 2 amide bonds. The Morgan fingerprint density at radius 3 is 2.48 bits per heavy atom. The molecule has 1 aromatic rings. The Hall–Kier alpha value is -1.84. The fourth-order valence-electron chi connectivity index (χ4n) is 3.85. The van der Waals surface area contributed by atoms with E-state index in [4.69, 9.17) is 5.10 Å². The molecule has 2 heterocycles. The van der Waals surface area contributed by atoms with Crippen molar-refractivity contribution in [3.63, 3.8) is 0 Å². The van der Waals surface area contributed by atoms with E-state index in [0.717, 1.165) is 38.8 Å². The maximum Gasteiger partial charge on any atom is 0.340 e. The molecule has 1 saturated heterocycles. The third kappa shape index (κ3) is 4.62. The van der Waals surface area contributed by atoms with Crippen molar-refractivity contribution in [3.05, 3.63) is 35.9 Å². The molecule has 2 aliphatic heterocycles. The van der Waals surface area contributed by atoms with Crippen LogP contribution < -0.4 is 0 Å². The van der Waals surface area contributed by atoms with Crippen LogP contribution in [0.1, 0.15) is 69.8 Å². The standard InChI is InChI=1S/C21H31N3O/c1-2-3-7-14-20-19(18-12-8-6-9-13-18)17-24(22-20)21(25)23-15-10-4-5-11-16-23/h6,8-9,12-13,19H,2-5,7,10-11,14-17H2,1H3. The number of carbonyl (C=O) groups excluding carboxylic acids is 1. The smallest absolute Gasteiger partial charge is 0.323 e. The zero-order valence-corrected chi connectivity index (χ0v) is 15.5. The van der Waals surface area contributed by atoms with E-state index >= 15 is 0 Å². The predicted molar refractivity (Wildman–Crippen MR) is 103 cm³/mol. The summed E-state index contributed by atoms with van der Waals surface area (Å²) in [6.07, 6.45) is 9.30. The van der Waals surface area contributed by atoms with E-state index < -0.39 is 0 Å². The third-order valence-corrected chi connectivity index (χ3v) is 5.34. The molecule has 136 valence electrons. The number of rotatable bonds is 5. The van der Waals surface area contributed by atoms with E-state index in [1.54, 1.807) is 5.01 Å². The fraction of sp³-hybridized carbons (Fsp3) is 0.619. The molecule has 1 atom stereocenters. The minimum Gasteiger partial charge on any atom is -0.323 e. The van der Waals surface area contributed by atoms with Gasteiger partial charge in [0.15, 0.2) is 0 Å². The second kappa shape index (κ2) is 9.02. The molecule has 1 aromatic carbocycles. The van der Waals surface area contributed by atoms with Gasteiger partial charge in [0.25, 0.3) is 0 Å². The van der Waals surface area contributed by atoms with Crippen LogP contribution in [0.25, 0.3) is 0 Å². The second-order valence-electron chi connectivity index (χ2n) is 7.28. The highest BCUT2D eigenvalue weighted by atomic mass is 16.2. The molecule has 0 radical (unpaired) electrons. The highest BCUT2D eigenvalue weighted by Crippen LogP contribution is 2.28. The van der Waals surface area contributed by atoms with Gasteiger partial charge in [0, 0.05) is 24.7 Å². The Morgan fingerprint density at radius 2 is 1.80 bits per heavy atom. The number of likely N-dealkylation sites (tertiary alicyclic amines) is 1. The number of hydrogen-bond acceptors (Lipinski definition) is 2. The van der Waals surface area contributed by atoms with Gasteiger partial charge in [-0.3, -0.25) is 0 Å². The van der Waals surface area contributed by atoms with E-state index in [-0.39, 0.29) is 11.9 Å². The summed E-state index contributed by atoms with van der Waals surface area (Å²) in [6.45, 7) is 4.68. The van der Waals surface area contributed by atoms with Crippen molar-refractivity contribution in [2.24, 2.45) is 5.10 Å². The first-order chi connectivity index (χ1) is 12.3. The van der Waals surface area contributed by atoms with Gasteiger partial charge in [-0.2, -0.15) is 5.10 Å². The van der Waals surface area contributed by atoms with Crippen molar-refractivity contribution in [1.82, 2.24) is 9.91 Å². The highest BCUT2D eigenvalue weighted by molar-refractivity contribution is 5.94. The molecule has 0 N–H and O–H groups in total. The minimum absolute atomic E-state index is 0.105. The van der Waals surface area contributed by atoms with Crippen LogP contribution in [0, 0.1) is 0 Å². The van der Waals surface area contributed by atoms with Crippen LogP contribution in [0.5, 0.6) is 0 Å². The first-order valence-corrected chi connectivity index (χ1v) is 9.98. The SMILES string of the molecule is CCCCCC1=NN(C(=O)N2CCCCCC2)CC1c1ccccc1. The van der Waals surface area contributed by atoms with Crippen LogP contribution in [-0.4, -0.2) is 41.3 Å². The monoisotopic (exact) mass is 341 g/mol. The lowest BCUT2D eigenvalue weighted by Crippen LogP contribution is -2.40. The molecule has 1 unspecified atom stereocenters. The van der Waals surface area contributed by atoms with Gasteiger partial charge in [-0.25, -0.2) is 9.80 Å². The molecule has 0 aliphatic carbocycles. The lowest BCUT2D eigenvalue weighted by Gasteiger charge is -2.25. The van der Waals surface area contributed by atoms with Crippen molar-refractivity contribution in [2.45, 2.75) is 64.2 Å². The molecule has 4 nitrogen and oxygen atoms in total. The van der Waals surface area contributed by atoms with Gasteiger partial charge in [0.05, 0.1) is 6.54 Å². The molecule has 0 bridgehead atoms. The zero-order valence-electron chi connectivity index (χ0n) is 15.5. The number of hydrazone groups is 1. The molecule has 1 fully saturated rings. The van der Waals surface area contributed by atoms with Gasteiger partial charge in [-0.15, -0.1) is 0 Å². The van der Waals surface area contributed by atoms with Crippen molar-refractivity contribution >= 4 is 11.7 Å². The molecular formula is C21H31N3O. The van der Waals surface area contributed by atoms with E-state index in [1.807, 2.05) is 11.0 Å². The van der Waals surface area contributed by atoms with Crippen molar-refractivity contribution in [3.8, 4) is 0 Å². The minimum atomic E-state index is 0.105. The highest BCUT2D eigenvalue weighted by Gasteiger charge is 2.33. The topological polar surface area (TPSA) is 35.9 Å². The molecule has 0 spiro atoms. The van der Waals surface area contributed by atoms with Crippen molar-refractivity contribution < 1.29 is 4.79 Å². The van der Waals surface area contributed by atoms with E-state index in [1.165, 1.54) is 37.0 Å². The summed E-state index contributed by atoms with van der Waals surface area (Å²) < 4.78 is 0. The maximum atomic E-state index is 13.0. The van der Waals surface area contributed by atoms with Crippen LogP contribution >= 0.6 is 0 Å². The summed E-state index contributed by atoms with van der Waals surface area (Å²) in [4.78, 5) is 15.0. The molecule has 0 aromatic heterocycles. The van der Waals surface area contributed by atoms with Gasteiger partial charge in [-0.05, 0) is 31.2 Å². The molecule has 3 rings (SSSR count). The summed E-state index contributed by atoms with van der Waals surface area (Å²) in [6, 6.07) is 10.6. The summed E-state index contributed by atoms with van der Waals surface area (Å²) in [5.41, 5.74) is 2.46. The number of carbonyl (C=O) groups is 1. The Kier molecular flexibility index (Phi) is 6.48. The summed E-state index contributed by atoms with van der Waals surface area (Å²) in [5.74, 6) is 0.258. The lowest BCUT2D eigenvalue weighted by atomic mass is 9.92. The normalized spacial score (nSPS) is 21.2. The Morgan fingerprint density at radius 1 is 1.08 bits per heavy atom. The van der Waals surface area contributed by atoms with Crippen molar-refractivity contribution in [2.75, 3.05) is 19.6 Å². The third-order valence-electron chi connectivity index (χ3n) is 5.34. The number of unbranched alkanes of at least 4 members (excludes halogenated alkanes) is 2. The number of amides is 2. The average Bonchev–Trinajstić information content (AvgIpc) is 2.88. The summed E-state index contributed by atoms with van der Waals surface area (Å²) in [7, 11) is 0. The lowest BCUT2D eigenvalue weighted by molar-refractivity contribution is 0.159. The first kappa shape index (κ1) is 18.0. The quantitative estimate of drug-likeness (QED) is 0.693. The zero-order chi connectivity index (χ0) is 17.5. The molecule has 0 saturated carbocycles. The van der Waals surface area contributed by atoms with Gasteiger partial charge in [-0.1, -0.05) is 62.9 Å². The van der Waals surface area contributed by atoms with Gasteiger partial charge in [0.2, 0.25) is 0 Å². The molecule has 2 aliphatic rings. The van der Waals surface area contributed by atoms with E-state index in [0.29, 0.717) is 6.54 Å². The maximum absolute atomic E-state index is 13.0. The average molecular weight is 341 g/mol. The Balaban J connectivity index is 1.72. The number of hydrogen-bond donors (Lipinski definition) is 0. The van der Waals surface area contributed by atoms with Crippen LogP contribution in [-0.2, 0) is 0 Å². The van der Waals surface area contributed by atoms with Crippen molar-refractivity contribution in [1.29, 1.82) is 0 Å². The largest absolute Gasteiger partial charge is 0.340 e. The molecular weight excluding hydrogens is 310 g/mol. The van der Waals surface area contributed by atoms with Crippen LogP contribution in [0.3, 0.4) is 0 Å². The first-order valence-electron chi connectivity index (χ1n) is 9.98. The summed E-state index contributed by atoms with van der Waals surface area (Å²) >= 11 is 0. The Labute approximate surface area is 151 Å². The number of nitrogens with zero attached hydrogens (tertiary/aromatic N) is 3. The van der Waals surface area contributed by atoms with Crippen LogP contribution in [0.2, 0.25) is 0 Å².